The van der Waals surface area contributed by atoms with Crippen molar-refractivity contribution in [1.29, 1.82) is 0 Å². The zero-order valence-corrected chi connectivity index (χ0v) is 23.2. The number of hydrogen-bond donors (Lipinski definition) is 0. The molecule has 2 rings (SSSR count). The molecular formula is C25H13F19O5. The van der Waals surface area contributed by atoms with E-state index in [0.29, 0.717) is 13.0 Å². The lowest BCUT2D eigenvalue weighted by Gasteiger charge is -2.34. The van der Waals surface area contributed by atoms with Gasteiger partial charge in [-0.2, -0.15) is 65.9 Å². The van der Waals surface area contributed by atoms with Crippen LogP contribution in [0.25, 0.3) is 12.2 Å². The van der Waals surface area contributed by atoms with Crippen LogP contribution >= 0.6 is 0 Å². The van der Waals surface area contributed by atoms with E-state index in [2.05, 4.69) is 32.1 Å². The van der Waals surface area contributed by atoms with Crippen molar-refractivity contribution in [2.45, 2.75) is 43.6 Å². The fourth-order valence-corrected chi connectivity index (χ4v) is 3.22. The van der Waals surface area contributed by atoms with Crippen LogP contribution in [0.1, 0.15) is 16.7 Å². The highest BCUT2D eigenvalue weighted by Crippen LogP contribution is 2.49. The van der Waals surface area contributed by atoms with Crippen molar-refractivity contribution in [2.75, 3.05) is 13.2 Å². The maximum atomic E-state index is 14.2. The number of alkyl halides is 12. The van der Waals surface area contributed by atoms with Gasteiger partial charge in [0.15, 0.2) is 48.0 Å². The molecule has 0 radical (unpaired) electrons. The summed E-state index contributed by atoms with van der Waals surface area (Å²) in [6.07, 6.45) is -40.5. The van der Waals surface area contributed by atoms with Crippen molar-refractivity contribution in [2.24, 2.45) is 0 Å². The van der Waals surface area contributed by atoms with E-state index in [1.165, 1.54) is 0 Å². The number of benzene rings is 2. The van der Waals surface area contributed by atoms with Crippen molar-refractivity contribution < 1.29 is 107 Å². The minimum atomic E-state index is -7.40. The number of rotatable bonds is 16. The van der Waals surface area contributed by atoms with E-state index in [1.807, 2.05) is 0 Å². The molecule has 2 aromatic rings. The van der Waals surface area contributed by atoms with E-state index in [1.54, 1.807) is 4.74 Å². The first kappa shape index (κ1) is 41.2. The molecule has 0 fully saturated rings. The summed E-state index contributed by atoms with van der Waals surface area (Å²) in [5, 5.41) is 0. The van der Waals surface area contributed by atoms with Gasteiger partial charge in [0.05, 0.1) is 5.56 Å². The van der Waals surface area contributed by atoms with Gasteiger partial charge in [0.2, 0.25) is 17.5 Å². The normalized spacial score (nSPS) is 13.5. The van der Waals surface area contributed by atoms with Crippen LogP contribution in [0, 0.1) is 47.6 Å². The molecule has 49 heavy (non-hydrogen) atoms. The Kier molecular flexibility index (Phi) is 11.6. The van der Waals surface area contributed by atoms with Gasteiger partial charge < -0.3 is 9.47 Å². The molecule has 0 unspecified atom stereocenters. The van der Waals surface area contributed by atoms with Gasteiger partial charge in [0.1, 0.15) is 0 Å². The molecule has 276 valence electrons. The van der Waals surface area contributed by atoms with Gasteiger partial charge in [-0.1, -0.05) is 25.3 Å². The van der Waals surface area contributed by atoms with Gasteiger partial charge >= 0.3 is 36.7 Å². The predicted molar refractivity (Wildman–Crippen MR) is 121 cm³/mol. The van der Waals surface area contributed by atoms with Crippen LogP contribution in [0.3, 0.4) is 0 Å². The smallest absolute Gasteiger partial charge is 0.453 e. The van der Waals surface area contributed by atoms with Crippen LogP contribution in [-0.4, -0.2) is 49.9 Å². The molecule has 0 aliphatic carbocycles. The van der Waals surface area contributed by atoms with Gasteiger partial charge in [0.25, 0.3) is 0 Å². The highest BCUT2D eigenvalue weighted by atomic mass is 19.4. The zero-order valence-electron chi connectivity index (χ0n) is 23.2. The standard InChI is InChI=1S/C25H13F19O5/c1-4-9-8(3)11(26)18(15(30)12(9)27)45-6-20(33,34)47-22(37,38)24(41,42)49-25(43,44)23(39,40)48-21(35,36)7-46-19-16(31)13(28)10(5-2)14(29)17(19)32/h4-5H,1-2,6-7H2,3H3. The Labute approximate surface area is 259 Å². The summed E-state index contributed by atoms with van der Waals surface area (Å²) in [5.74, 6) is -20.8. The van der Waals surface area contributed by atoms with Gasteiger partial charge in [0, 0.05) is 5.56 Å². The Balaban J connectivity index is 2.22. The summed E-state index contributed by atoms with van der Waals surface area (Å²) < 4.78 is 276. The Morgan fingerprint density at radius 2 is 0.735 bits per heavy atom. The van der Waals surface area contributed by atoms with Crippen molar-refractivity contribution in [3.05, 3.63) is 70.6 Å². The van der Waals surface area contributed by atoms with Crippen LogP contribution < -0.4 is 9.47 Å². The van der Waals surface area contributed by atoms with Crippen molar-refractivity contribution in [3.8, 4) is 11.5 Å². The maximum Gasteiger partial charge on any atom is 0.453 e. The van der Waals surface area contributed by atoms with Crippen molar-refractivity contribution in [3.63, 3.8) is 0 Å². The first-order chi connectivity index (χ1) is 22.0. The van der Waals surface area contributed by atoms with E-state index < -0.39 is 119 Å². The fraction of sp³-hybridized carbons (Fsp3) is 0.360. The van der Waals surface area contributed by atoms with Crippen molar-refractivity contribution >= 4 is 12.2 Å². The largest absolute Gasteiger partial charge is 0.478 e. The zero-order chi connectivity index (χ0) is 38.3. The minimum absolute atomic E-state index is 0.176. The SMILES string of the molecule is C=Cc1c(C)c(F)c(OCC(F)(F)OC(F)(F)C(F)(F)OC(F)(F)C(F)(F)OC(F)(F)COc2c(F)c(F)c(C=C)c(F)c2F)c(F)c1F. The van der Waals surface area contributed by atoms with E-state index in [-0.39, 0.29) is 6.08 Å². The van der Waals surface area contributed by atoms with Gasteiger partial charge in [-0.25, -0.2) is 31.8 Å². The molecule has 5 nitrogen and oxygen atoms in total. The molecule has 0 amide bonds. The van der Waals surface area contributed by atoms with Crippen LogP contribution in [0.5, 0.6) is 11.5 Å². The summed E-state index contributed by atoms with van der Waals surface area (Å²) in [6.45, 7) is 0.424. The highest BCUT2D eigenvalue weighted by molar-refractivity contribution is 5.56. The summed E-state index contributed by atoms with van der Waals surface area (Å²) >= 11 is 0. The Bertz CT molecular complexity index is 1420. The average molecular weight is 754 g/mol. The lowest BCUT2D eigenvalue weighted by Crippen LogP contribution is -2.58. The molecule has 2 aromatic carbocycles. The third-order valence-corrected chi connectivity index (χ3v) is 5.48. The second-order valence-electron chi connectivity index (χ2n) is 8.94. The molecular weight excluding hydrogens is 741 g/mol. The second kappa shape index (κ2) is 13.8. The van der Waals surface area contributed by atoms with E-state index >= 15 is 0 Å². The molecule has 0 saturated carbocycles. The van der Waals surface area contributed by atoms with E-state index in [4.69, 9.17) is 0 Å². The molecule has 0 aromatic heterocycles. The summed E-state index contributed by atoms with van der Waals surface area (Å²) in [5.41, 5.74) is -3.29. The van der Waals surface area contributed by atoms with E-state index in [9.17, 15) is 83.4 Å². The van der Waals surface area contributed by atoms with Crippen LogP contribution in [0.4, 0.5) is 83.4 Å². The van der Waals surface area contributed by atoms with Gasteiger partial charge in [-0.15, -0.1) is 0 Å². The van der Waals surface area contributed by atoms with Crippen molar-refractivity contribution in [1.82, 2.24) is 0 Å². The third-order valence-electron chi connectivity index (χ3n) is 5.48. The summed E-state index contributed by atoms with van der Waals surface area (Å²) in [6, 6.07) is 0. The molecule has 0 heterocycles. The summed E-state index contributed by atoms with van der Waals surface area (Å²) in [7, 11) is 0. The lowest BCUT2D eigenvalue weighted by molar-refractivity contribution is -0.557. The molecule has 0 atom stereocenters. The van der Waals surface area contributed by atoms with Gasteiger partial charge in [-0.3, -0.25) is 0 Å². The monoisotopic (exact) mass is 754 g/mol. The van der Waals surface area contributed by atoms with Gasteiger partial charge in [-0.05, 0) is 12.5 Å². The van der Waals surface area contributed by atoms with E-state index in [0.717, 1.165) is 0 Å². The summed E-state index contributed by atoms with van der Waals surface area (Å²) in [4.78, 5) is 0. The third kappa shape index (κ3) is 8.45. The molecule has 0 saturated heterocycles. The van der Waals surface area contributed by atoms with Crippen LogP contribution in [0.2, 0.25) is 0 Å². The second-order valence-corrected chi connectivity index (χ2v) is 8.94. The lowest BCUT2D eigenvalue weighted by atomic mass is 10.1. The number of hydrogen-bond acceptors (Lipinski definition) is 5. The maximum absolute atomic E-state index is 14.2. The Hall–Kier alpha value is -3.93. The quantitative estimate of drug-likeness (QED) is 0.126. The fourth-order valence-electron chi connectivity index (χ4n) is 3.22. The number of halogens is 19. The predicted octanol–water partition coefficient (Wildman–Crippen LogP) is 9.32. The Morgan fingerprint density at radius 1 is 0.449 bits per heavy atom. The molecule has 0 N–H and O–H groups in total. The minimum Gasteiger partial charge on any atom is -0.478 e. The molecule has 24 heteroatoms. The topological polar surface area (TPSA) is 46.2 Å². The van der Waals surface area contributed by atoms with Crippen LogP contribution in [-0.2, 0) is 14.2 Å². The molecule has 0 aliphatic rings. The average Bonchev–Trinajstić information content (AvgIpc) is 2.94. The highest BCUT2D eigenvalue weighted by Gasteiger charge is 2.74. The first-order valence-electron chi connectivity index (χ1n) is 11.9. The molecule has 0 aliphatic heterocycles. The number of ether oxygens (including phenoxy) is 5. The molecule has 0 spiro atoms. The van der Waals surface area contributed by atoms with Crippen LogP contribution in [0.15, 0.2) is 13.2 Å². The Morgan fingerprint density at radius 3 is 1.06 bits per heavy atom. The molecule has 0 bridgehead atoms. The first-order valence-corrected chi connectivity index (χ1v) is 11.9.